The Kier molecular flexibility index (Phi) is 5.12. The highest BCUT2D eigenvalue weighted by atomic mass is 79.9. The van der Waals surface area contributed by atoms with E-state index in [9.17, 15) is 4.79 Å². The lowest BCUT2D eigenvalue weighted by atomic mass is 10.1. The number of thiazole rings is 1. The molecular formula is C25H15BrN6OS. The molecule has 7 nitrogen and oxygen atoms in total. The van der Waals surface area contributed by atoms with Gasteiger partial charge in [0.15, 0.2) is 5.82 Å². The van der Waals surface area contributed by atoms with Gasteiger partial charge in [0, 0.05) is 39.8 Å². The number of halogens is 1. The van der Waals surface area contributed by atoms with Gasteiger partial charge in [0.1, 0.15) is 0 Å². The summed E-state index contributed by atoms with van der Waals surface area (Å²) in [6.45, 7) is 0. The lowest BCUT2D eigenvalue weighted by Gasteiger charge is -2.00. The number of pyridine rings is 1. The molecule has 0 radical (unpaired) electrons. The van der Waals surface area contributed by atoms with Crippen molar-refractivity contribution in [2.24, 2.45) is 0 Å². The van der Waals surface area contributed by atoms with E-state index in [4.69, 9.17) is 5.10 Å². The first kappa shape index (κ1) is 20.6. The first-order valence-corrected chi connectivity index (χ1v) is 12.0. The third kappa shape index (κ3) is 3.74. The summed E-state index contributed by atoms with van der Waals surface area (Å²) in [4.78, 5) is 22.2. The van der Waals surface area contributed by atoms with Crippen molar-refractivity contribution >= 4 is 38.3 Å². The second-order valence-electron chi connectivity index (χ2n) is 7.50. The van der Waals surface area contributed by atoms with Crippen LogP contribution in [0.3, 0.4) is 0 Å². The van der Waals surface area contributed by atoms with Crippen LogP contribution in [-0.2, 0) is 0 Å². The Hall–Kier alpha value is -3.95. The van der Waals surface area contributed by atoms with E-state index < -0.39 is 0 Å². The molecule has 0 aliphatic rings. The fourth-order valence-corrected chi connectivity index (χ4v) is 4.80. The molecule has 0 saturated carbocycles. The maximum atomic E-state index is 13.1. The monoisotopic (exact) mass is 526 g/mol. The molecule has 6 aromatic rings. The highest BCUT2D eigenvalue weighted by Crippen LogP contribution is 2.26. The van der Waals surface area contributed by atoms with Gasteiger partial charge in [0.2, 0.25) is 4.96 Å². The minimum Gasteiger partial charge on any atom is -0.266 e. The van der Waals surface area contributed by atoms with Crippen LogP contribution in [0.4, 0.5) is 0 Å². The highest BCUT2D eigenvalue weighted by molar-refractivity contribution is 9.10. The van der Waals surface area contributed by atoms with Crippen LogP contribution in [0.2, 0.25) is 0 Å². The number of hydrogen-bond acceptors (Lipinski definition) is 6. The first-order valence-electron chi connectivity index (χ1n) is 10.4. The molecule has 0 atom stereocenters. The van der Waals surface area contributed by atoms with Gasteiger partial charge in [-0.25, -0.2) is 4.68 Å². The lowest BCUT2D eigenvalue weighted by Crippen LogP contribution is -2.23. The molecular weight excluding hydrogens is 512 g/mol. The molecule has 2 aromatic carbocycles. The minimum absolute atomic E-state index is 0.206. The van der Waals surface area contributed by atoms with Crippen LogP contribution in [0.15, 0.2) is 94.6 Å². The van der Waals surface area contributed by atoms with Crippen LogP contribution in [0.1, 0.15) is 5.56 Å². The second-order valence-corrected chi connectivity index (χ2v) is 9.43. The fraction of sp³-hybridized carbons (Fsp3) is 0. The Bertz CT molecular complexity index is 1720. The molecule has 0 aliphatic carbocycles. The largest absolute Gasteiger partial charge is 0.291 e. The maximum Gasteiger partial charge on any atom is 0.291 e. The van der Waals surface area contributed by atoms with Gasteiger partial charge in [-0.2, -0.15) is 14.6 Å². The van der Waals surface area contributed by atoms with Crippen LogP contribution >= 0.6 is 27.3 Å². The van der Waals surface area contributed by atoms with Gasteiger partial charge in [0.05, 0.1) is 15.9 Å². The van der Waals surface area contributed by atoms with Crippen molar-refractivity contribution in [3.8, 4) is 28.3 Å². The van der Waals surface area contributed by atoms with Crippen molar-refractivity contribution in [3.05, 3.63) is 110 Å². The van der Waals surface area contributed by atoms with Crippen LogP contribution in [0.5, 0.6) is 0 Å². The van der Waals surface area contributed by atoms with Crippen molar-refractivity contribution < 1.29 is 0 Å². The quantitative estimate of drug-likeness (QED) is 0.340. The smallest absolute Gasteiger partial charge is 0.266 e. The molecule has 0 N–H and O–H groups in total. The van der Waals surface area contributed by atoms with E-state index in [0.717, 1.165) is 32.5 Å². The third-order valence-corrected chi connectivity index (χ3v) is 6.78. The summed E-state index contributed by atoms with van der Waals surface area (Å²) in [7, 11) is 0. The number of hydrogen-bond donors (Lipinski definition) is 0. The summed E-state index contributed by atoms with van der Waals surface area (Å²) >= 11 is 4.79. The molecule has 164 valence electrons. The van der Waals surface area contributed by atoms with Crippen molar-refractivity contribution in [2.75, 3.05) is 0 Å². The molecule has 4 heterocycles. The van der Waals surface area contributed by atoms with Gasteiger partial charge in [-0.1, -0.05) is 57.6 Å². The molecule has 0 spiro atoms. The van der Waals surface area contributed by atoms with E-state index in [1.807, 2.05) is 83.7 Å². The maximum absolute atomic E-state index is 13.1. The van der Waals surface area contributed by atoms with E-state index in [1.165, 1.54) is 15.9 Å². The standard InChI is InChI=1S/C25H15BrN6OS/c26-19-8-6-16(7-9-19)22-18(15-31(29-22)20-4-2-1-3-5-20)14-21-24(33)32-25(34-21)28-23(30-32)17-10-12-27-13-11-17/h1-15H. The Labute approximate surface area is 205 Å². The number of para-hydroxylation sites is 1. The predicted molar refractivity (Wildman–Crippen MR) is 136 cm³/mol. The van der Waals surface area contributed by atoms with Crippen LogP contribution in [-0.4, -0.2) is 29.4 Å². The normalized spacial score (nSPS) is 12.0. The topological polar surface area (TPSA) is 78.0 Å². The SMILES string of the molecule is O=c1c(=Cc2cn(-c3ccccc3)nc2-c2ccc(Br)cc2)sc2nc(-c3ccncc3)nn12. The predicted octanol–water partition coefficient (Wildman–Crippen LogP) is 4.38. The summed E-state index contributed by atoms with van der Waals surface area (Å²) in [6, 6.07) is 21.5. The average Bonchev–Trinajstić information content (AvgIpc) is 3.56. The van der Waals surface area contributed by atoms with Gasteiger partial charge < -0.3 is 0 Å². The fourth-order valence-electron chi connectivity index (χ4n) is 3.64. The Morgan fingerprint density at radius 2 is 1.65 bits per heavy atom. The highest BCUT2D eigenvalue weighted by Gasteiger charge is 2.15. The van der Waals surface area contributed by atoms with Gasteiger partial charge in [-0.3, -0.25) is 9.78 Å². The van der Waals surface area contributed by atoms with Crippen molar-refractivity contribution in [1.29, 1.82) is 0 Å². The van der Waals surface area contributed by atoms with E-state index in [0.29, 0.717) is 15.3 Å². The summed E-state index contributed by atoms with van der Waals surface area (Å²) < 4.78 is 4.71. The first-order chi connectivity index (χ1) is 16.7. The number of aromatic nitrogens is 6. The Balaban J connectivity index is 1.50. The molecule has 0 saturated heterocycles. The summed E-state index contributed by atoms with van der Waals surface area (Å²) in [6.07, 6.45) is 7.15. The van der Waals surface area contributed by atoms with Gasteiger partial charge in [-0.15, -0.1) is 5.10 Å². The van der Waals surface area contributed by atoms with Crippen LogP contribution < -0.4 is 10.1 Å². The van der Waals surface area contributed by atoms with Crippen LogP contribution in [0.25, 0.3) is 39.4 Å². The Morgan fingerprint density at radius 3 is 2.38 bits per heavy atom. The summed E-state index contributed by atoms with van der Waals surface area (Å²) in [5, 5.41) is 9.25. The molecule has 9 heteroatoms. The molecule has 0 aliphatic heterocycles. The van der Waals surface area contributed by atoms with Crippen molar-refractivity contribution in [1.82, 2.24) is 29.4 Å². The molecule has 4 aromatic heterocycles. The zero-order chi connectivity index (χ0) is 23.1. The third-order valence-electron chi connectivity index (χ3n) is 5.29. The zero-order valence-electron chi connectivity index (χ0n) is 17.5. The van der Waals surface area contributed by atoms with E-state index in [1.54, 1.807) is 12.4 Å². The molecule has 0 bridgehead atoms. The summed E-state index contributed by atoms with van der Waals surface area (Å²) in [5.74, 6) is 0.504. The number of nitrogens with zero attached hydrogens (tertiary/aromatic N) is 6. The second kappa shape index (κ2) is 8.44. The summed E-state index contributed by atoms with van der Waals surface area (Å²) in [5.41, 5.74) is 4.12. The molecule has 0 fully saturated rings. The van der Waals surface area contributed by atoms with Crippen LogP contribution in [0, 0.1) is 0 Å². The Morgan fingerprint density at radius 1 is 0.882 bits per heavy atom. The number of rotatable bonds is 4. The molecule has 0 unspecified atom stereocenters. The zero-order valence-corrected chi connectivity index (χ0v) is 19.9. The minimum atomic E-state index is -0.206. The van der Waals surface area contributed by atoms with Crippen molar-refractivity contribution in [3.63, 3.8) is 0 Å². The van der Waals surface area contributed by atoms with Crippen molar-refractivity contribution in [2.45, 2.75) is 0 Å². The van der Waals surface area contributed by atoms with Gasteiger partial charge >= 0.3 is 0 Å². The van der Waals surface area contributed by atoms with E-state index >= 15 is 0 Å². The van der Waals surface area contributed by atoms with E-state index in [2.05, 4.69) is 31.0 Å². The lowest BCUT2D eigenvalue weighted by molar-refractivity contribution is 0.884. The molecule has 34 heavy (non-hydrogen) atoms. The van der Waals surface area contributed by atoms with E-state index in [-0.39, 0.29) is 5.56 Å². The number of benzene rings is 2. The average molecular weight is 527 g/mol. The molecule has 6 rings (SSSR count). The number of fused-ring (bicyclic) bond motifs is 1. The molecule has 0 amide bonds. The van der Waals surface area contributed by atoms with Gasteiger partial charge in [0.25, 0.3) is 5.56 Å². The van der Waals surface area contributed by atoms with Gasteiger partial charge in [-0.05, 0) is 42.5 Å².